The molecule has 0 aromatic carbocycles. The zero-order valence-electron chi connectivity index (χ0n) is 35.8. The molecule has 12 unspecified atom stereocenters. The van der Waals surface area contributed by atoms with E-state index in [2.05, 4.69) is 33.8 Å². The Morgan fingerprint density at radius 2 is 1.60 bits per heavy atom. The second-order valence-corrected chi connectivity index (χ2v) is 19.5. The third-order valence-electron chi connectivity index (χ3n) is 15.3. The molecular formula is C46H70O12. The van der Waals surface area contributed by atoms with Gasteiger partial charge in [-0.1, -0.05) is 91.7 Å². The van der Waals surface area contributed by atoms with Crippen molar-refractivity contribution < 1.29 is 58.2 Å². The highest BCUT2D eigenvalue weighted by Gasteiger charge is 2.71. The molecule has 0 amide bonds. The molecule has 58 heavy (non-hydrogen) atoms. The molecule has 326 valence electrons. The summed E-state index contributed by atoms with van der Waals surface area (Å²) in [6.07, 6.45) is 15.9. The van der Waals surface area contributed by atoms with Crippen LogP contribution in [-0.4, -0.2) is 58.2 Å². The number of carbonyl (C=O) groups is 6. The number of allylic oxidation sites excluding steroid dienone is 2. The van der Waals surface area contributed by atoms with Crippen molar-refractivity contribution in [3.05, 3.63) is 12.2 Å². The largest absolute Gasteiger partial charge is 0.481 e. The van der Waals surface area contributed by atoms with Crippen molar-refractivity contribution in [1.82, 2.24) is 0 Å². The first-order chi connectivity index (χ1) is 27.5. The number of ether oxygens (including phenoxy) is 2. The van der Waals surface area contributed by atoms with Crippen LogP contribution in [0.1, 0.15) is 164 Å². The SMILES string of the molecule is CCC/C=C/C(CCC(CCCCCCCCC(=O)O)OOC1C(C(C)C)C(C)C2C(=O)OC(=O)C2C12CCC1C(C)(CCCC1(C)C(=O)O)C2)C1CC(=O)OC1=O. The molecule has 2 saturated heterocycles. The minimum atomic E-state index is -0.897. The number of cyclic esters (lactones) is 4. The number of aliphatic carboxylic acids is 2. The van der Waals surface area contributed by atoms with E-state index in [1.807, 2.05) is 19.9 Å². The van der Waals surface area contributed by atoms with E-state index >= 15 is 0 Å². The number of carboxylic acids is 2. The third kappa shape index (κ3) is 9.74. The van der Waals surface area contributed by atoms with Crippen molar-refractivity contribution in [2.24, 2.45) is 63.6 Å². The van der Waals surface area contributed by atoms with Gasteiger partial charge in [-0.15, -0.1) is 0 Å². The zero-order chi connectivity index (χ0) is 42.4. The summed E-state index contributed by atoms with van der Waals surface area (Å²) in [6, 6.07) is 0. The van der Waals surface area contributed by atoms with E-state index in [0.29, 0.717) is 51.4 Å². The summed E-state index contributed by atoms with van der Waals surface area (Å²) in [5.74, 6) is -6.15. The van der Waals surface area contributed by atoms with Crippen molar-refractivity contribution >= 4 is 35.8 Å². The molecule has 5 rings (SSSR count). The number of carbonyl (C=O) groups excluding carboxylic acids is 4. The minimum absolute atomic E-state index is 0.0421. The molecule has 0 bridgehead atoms. The zero-order valence-corrected chi connectivity index (χ0v) is 35.8. The highest BCUT2D eigenvalue weighted by Crippen LogP contribution is 2.69. The summed E-state index contributed by atoms with van der Waals surface area (Å²) < 4.78 is 10.4. The second kappa shape index (κ2) is 19.5. The third-order valence-corrected chi connectivity index (χ3v) is 15.3. The number of fused-ring (bicyclic) bond motifs is 3. The highest BCUT2D eigenvalue weighted by molar-refractivity contribution is 5.97. The summed E-state index contributed by atoms with van der Waals surface area (Å²) in [5.41, 5.74) is -2.14. The van der Waals surface area contributed by atoms with E-state index in [1.54, 1.807) is 0 Å². The predicted octanol–water partition coefficient (Wildman–Crippen LogP) is 9.02. The Balaban J connectivity index is 1.43. The molecule has 2 aliphatic heterocycles. The normalized spacial score (nSPS) is 35.9. The van der Waals surface area contributed by atoms with E-state index in [0.717, 1.165) is 57.8 Å². The standard InChI is InChI=1S/C46H70O12/c1-7-8-13-17-30(32-26-35(49)55-40(32)50)20-21-31(18-14-11-9-10-12-15-19-34(47)48)57-58-39-36(28(2)3)29(4)37-38(42(52)56-41(37)51)46(39)25-22-33-44(5,27-46)23-16-24-45(33,6)43(53)54/h13,17,28-33,36-39H,7-12,14-16,18-27H2,1-6H3,(H,47,48)(H,53,54)/b17-13+. The Bertz CT molecular complexity index is 1540. The number of hydrogen-bond donors (Lipinski definition) is 2. The van der Waals surface area contributed by atoms with Crippen LogP contribution in [0.4, 0.5) is 0 Å². The van der Waals surface area contributed by atoms with Crippen molar-refractivity contribution in [2.45, 2.75) is 176 Å². The summed E-state index contributed by atoms with van der Waals surface area (Å²) >= 11 is 0. The molecule has 12 nitrogen and oxygen atoms in total. The van der Waals surface area contributed by atoms with Gasteiger partial charge >= 0.3 is 35.8 Å². The van der Waals surface area contributed by atoms with Crippen molar-refractivity contribution in [3.63, 3.8) is 0 Å². The average Bonchev–Trinajstić information content (AvgIpc) is 3.65. The van der Waals surface area contributed by atoms with Crippen LogP contribution in [0.15, 0.2) is 12.2 Å². The Morgan fingerprint density at radius 3 is 2.24 bits per heavy atom. The number of unbranched alkanes of at least 4 members (excludes halogenated alkanes) is 6. The Morgan fingerprint density at radius 1 is 0.897 bits per heavy atom. The lowest BCUT2D eigenvalue weighted by Crippen LogP contribution is -2.64. The fourth-order valence-corrected chi connectivity index (χ4v) is 12.5. The van der Waals surface area contributed by atoms with Gasteiger partial charge in [0.05, 0.1) is 35.7 Å². The first-order valence-electron chi connectivity index (χ1n) is 22.4. The first-order valence-corrected chi connectivity index (χ1v) is 22.4. The number of rotatable bonds is 21. The summed E-state index contributed by atoms with van der Waals surface area (Å²) in [6.45, 7) is 12.4. The van der Waals surface area contributed by atoms with Gasteiger partial charge in [0.15, 0.2) is 0 Å². The van der Waals surface area contributed by atoms with Gasteiger partial charge in [-0.3, -0.25) is 28.8 Å². The molecule has 5 fully saturated rings. The van der Waals surface area contributed by atoms with Crippen LogP contribution in [0.5, 0.6) is 0 Å². The highest BCUT2D eigenvalue weighted by atomic mass is 17.2. The molecule has 12 heteroatoms. The second-order valence-electron chi connectivity index (χ2n) is 19.5. The molecular weight excluding hydrogens is 744 g/mol. The van der Waals surface area contributed by atoms with Crippen LogP contribution in [0.25, 0.3) is 0 Å². The summed E-state index contributed by atoms with van der Waals surface area (Å²) in [7, 11) is 0. The lowest BCUT2D eigenvalue weighted by molar-refractivity contribution is -0.400. The van der Waals surface area contributed by atoms with Gasteiger partial charge in [-0.05, 0) is 106 Å². The van der Waals surface area contributed by atoms with Gasteiger partial charge in [0.25, 0.3) is 0 Å². The Kier molecular flexibility index (Phi) is 15.5. The van der Waals surface area contributed by atoms with Crippen molar-refractivity contribution in [3.8, 4) is 0 Å². The number of esters is 4. The van der Waals surface area contributed by atoms with E-state index < -0.39 is 75.9 Å². The molecule has 3 aliphatic carbocycles. The van der Waals surface area contributed by atoms with Gasteiger partial charge in [-0.2, -0.15) is 0 Å². The lowest BCUT2D eigenvalue weighted by Gasteiger charge is -2.63. The first kappa shape index (κ1) is 46.0. The van der Waals surface area contributed by atoms with Gasteiger partial charge in [-0.25, -0.2) is 9.78 Å². The van der Waals surface area contributed by atoms with Crippen LogP contribution < -0.4 is 0 Å². The molecule has 2 N–H and O–H groups in total. The molecule has 1 spiro atoms. The molecule has 0 aromatic heterocycles. The molecule has 5 aliphatic rings. The van der Waals surface area contributed by atoms with Crippen LogP contribution in [0.3, 0.4) is 0 Å². The maximum atomic E-state index is 13.9. The van der Waals surface area contributed by atoms with Crippen LogP contribution in [-0.2, 0) is 48.0 Å². The van der Waals surface area contributed by atoms with Gasteiger partial charge < -0.3 is 19.7 Å². The Hall–Kier alpha value is -3.12. The molecule has 0 radical (unpaired) electrons. The topological polar surface area (TPSA) is 180 Å². The average molecular weight is 815 g/mol. The lowest BCUT2D eigenvalue weighted by atomic mass is 9.40. The van der Waals surface area contributed by atoms with E-state index in [9.17, 15) is 33.9 Å². The number of hydrogen-bond acceptors (Lipinski definition) is 10. The molecule has 2 heterocycles. The fourth-order valence-electron chi connectivity index (χ4n) is 12.5. The van der Waals surface area contributed by atoms with E-state index in [4.69, 9.17) is 24.4 Å². The number of carboxylic acid groups (broad SMARTS) is 2. The minimum Gasteiger partial charge on any atom is -0.481 e. The van der Waals surface area contributed by atoms with Gasteiger partial charge in [0, 0.05) is 11.8 Å². The van der Waals surface area contributed by atoms with Gasteiger partial charge in [0.1, 0.15) is 6.10 Å². The van der Waals surface area contributed by atoms with Gasteiger partial charge in [0.2, 0.25) is 0 Å². The van der Waals surface area contributed by atoms with Crippen molar-refractivity contribution in [2.75, 3.05) is 0 Å². The molecule has 0 aromatic rings. The summed E-state index contributed by atoms with van der Waals surface area (Å²) in [4.78, 5) is 89.7. The van der Waals surface area contributed by atoms with Crippen LogP contribution in [0, 0.1) is 63.6 Å². The fraction of sp³-hybridized carbons (Fsp3) is 0.826. The van der Waals surface area contributed by atoms with E-state index in [-0.39, 0.29) is 48.5 Å². The maximum absolute atomic E-state index is 13.9. The smallest absolute Gasteiger partial charge is 0.318 e. The van der Waals surface area contributed by atoms with Crippen LogP contribution >= 0.6 is 0 Å². The predicted molar refractivity (Wildman–Crippen MR) is 213 cm³/mol. The Labute approximate surface area is 344 Å². The molecule has 3 saturated carbocycles. The monoisotopic (exact) mass is 814 g/mol. The van der Waals surface area contributed by atoms with E-state index in [1.165, 1.54) is 0 Å². The maximum Gasteiger partial charge on any atom is 0.318 e. The summed E-state index contributed by atoms with van der Waals surface area (Å²) in [5, 5.41) is 19.5. The van der Waals surface area contributed by atoms with Crippen LogP contribution in [0.2, 0.25) is 0 Å². The quantitative estimate of drug-likeness (QED) is 0.0281. The van der Waals surface area contributed by atoms with Crippen molar-refractivity contribution in [1.29, 1.82) is 0 Å². The molecule has 12 atom stereocenters.